The molecule has 7 heteroatoms. The minimum atomic E-state index is -0.331. The normalized spacial score (nSPS) is 10.3. The van der Waals surface area contributed by atoms with Gasteiger partial charge in [-0.15, -0.1) is 16.4 Å². The molecular formula is C9H10N4O2S. The summed E-state index contributed by atoms with van der Waals surface area (Å²) in [6, 6.07) is 1.78. The number of thiophene rings is 1. The number of aromatic nitrogens is 4. The molecule has 0 radical (unpaired) electrons. The zero-order chi connectivity index (χ0) is 11.4. The average molecular weight is 238 g/mol. The zero-order valence-corrected chi connectivity index (χ0v) is 9.48. The number of carbonyl (C=O) groups is 1. The number of hydrogen-bond acceptors (Lipinski definition) is 6. The van der Waals surface area contributed by atoms with E-state index in [0.717, 1.165) is 6.42 Å². The number of nitrogens with zero attached hydrogens (tertiary/aromatic N) is 4. The number of esters is 1. The summed E-state index contributed by atoms with van der Waals surface area (Å²) in [6.07, 6.45) is 2.25. The number of tetrazole rings is 1. The van der Waals surface area contributed by atoms with E-state index in [0.29, 0.717) is 17.2 Å². The van der Waals surface area contributed by atoms with Crippen LogP contribution in [0.1, 0.15) is 23.0 Å². The fourth-order valence-electron chi connectivity index (χ4n) is 1.17. The van der Waals surface area contributed by atoms with E-state index in [9.17, 15) is 4.79 Å². The Bertz CT molecular complexity index is 466. The first kappa shape index (κ1) is 10.7. The van der Waals surface area contributed by atoms with Gasteiger partial charge in [-0.25, -0.2) is 4.79 Å². The van der Waals surface area contributed by atoms with Crippen molar-refractivity contribution in [1.82, 2.24) is 20.2 Å². The zero-order valence-electron chi connectivity index (χ0n) is 8.66. The van der Waals surface area contributed by atoms with Gasteiger partial charge >= 0.3 is 5.97 Å². The van der Waals surface area contributed by atoms with Crippen LogP contribution in [0.25, 0.3) is 5.69 Å². The molecule has 84 valence electrons. The van der Waals surface area contributed by atoms with Gasteiger partial charge in [0.1, 0.15) is 11.2 Å². The molecule has 2 aromatic rings. The number of rotatable bonds is 4. The molecule has 0 fully saturated rings. The van der Waals surface area contributed by atoms with Gasteiger partial charge in [-0.05, 0) is 28.3 Å². The van der Waals surface area contributed by atoms with Crippen LogP contribution in [0.4, 0.5) is 0 Å². The van der Waals surface area contributed by atoms with E-state index >= 15 is 0 Å². The van der Waals surface area contributed by atoms with Crippen LogP contribution in [0.5, 0.6) is 0 Å². The molecule has 0 amide bonds. The average Bonchev–Trinajstić information content (AvgIpc) is 2.94. The summed E-state index contributed by atoms with van der Waals surface area (Å²) < 4.78 is 6.51. The summed E-state index contributed by atoms with van der Waals surface area (Å²) >= 11 is 1.32. The molecule has 0 unspecified atom stereocenters. The van der Waals surface area contributed by atoms with Crippen molar-refractivity contribution < 1.29 is 9.53 Å². The summed E-state index contributed by atoms with van der Waals surface area (Å²) in [5.41, 5.74) is 0.649. The highest BCUT2D eigenvalue weighted by Crippen LogP contribution is 2.20. The second-order valence-electron chi connectivity index (χ2n) is 3.03. The molecule has 0 aliphatic carbocycles. The Morgan fingerprint density at radius 1 is 1.62 bits per heavy atom. The van der Waals surface area contributed by atoms with Crippen LogP contribution >= 0.6 is 11.3 Å². The Morgan fingerprint density at radius 2 is 2.50 bits per heavy atom. The van der Waals surface area contributed by atoms with E-state index in [4.69, 9.17) is 4.74 Å². The molecule has 6 nitrogen and oxygen atoms in total. The third-order valence-electron chi connectivity index (χ3n) is 1.86. The molecule has 0 aromatic carbocycles. The molecule has 0 saturated heterocycles. The van der Waals surface area contributed by atoms with Crippen molar-refractivity contribution in [3.63, 3.8) is 0 Å². The maximum atomic E-state index is 11.7. The molecule has 16 heavy (non-hydrogen) atoms. The van der Waals surface area contributed by atoms with E-state index in [-0.39, 0.29) is 5.97 Å². The molecule has 2 heterocycles. The molecule has 2 rings (SSSR count). The number of ether oxygens (including phenoxy) is 1. The largest absolute Gasteiger partial charge is 0.461 e. The van der Waals surface area contributed by atoms with Gasteiger partial charge < -0.3 is 4.74 Å². The van der Waals surface area contributed by atoms with Crippen molar-refractivity contribution in [1.29, 1.82) is 0 Å². The van der Waals surface area contributed by atoms with Crippen molar-refractivity contribution in [2.45, 2.75) is 13.3 Å². The highest BCUT2D eigenvalue weighted by molar-refractivity contribution is 7.12. The predicted octanol–water partition coefficient (Wildman–Crippen LogP) is 1.29. The number of carbonyl (C=O) groups excluding carboxylic acids is 1. The van der Waals surface area contributed by atoms with Crippen LogP contribution < -0.4 is 0 Å². The Labute approximate surface area is 95.8 Å². The molecular weight excluding hydrogens is 228 g/mol. The van der Waals surface area contributed by atoms with E-state index in [1.807, 2.05) is 6.92 Å². The topological polar surface area (TPSA) is 69.9 Å². The van der Waals surface area contributed by atoms with Gasteiger partial charge in [0.15, 0.2) is 0 Å². The SMILES string of the molecule is CCCOC(=O)c1sccc1-n1cnnn1. The quantitative estimate of drug-likeness (QED) is 0.751. The van der Waals surface area contributed by atoms with Crippen LogP contribution in [0.3, 0.4) is 0 Å². The van der Waals surface area contributed by atoms with E-state index in [1.165, 1.54) is 22.3 Å². The summed E-state index contributed by atoms with van der Waals surface area (Å²) in [5.74, 6) is -0.331. The summed E-state index contributed by atoms with van der Waals surface area (Å²) in [4.78, 5) is 12.2. The molecule has 0 aliphatic rings. The molecule has 0 saturated carbocycles. The third kappa shape index (κ3) is 2.08. The van der Waals surface area contributed by atoms with Gasteiger partial charge in [0, 0.05) is 0 Å². The van der Waals surface area contributed by atoms with Crippen LogP contribution in [-0.2, 0) is 4.74 Å². The van der Waals surface area contributed by atoms with Gasteiger partial charge in [-0.3, -0.25) is 0 Å². The first-order chi connectivity index (χ1) is 7.83. The van der Waals surface area contributed by atoms with Gasteiger partial charge in [0.2, 0.25) is 0 Å². The van der Waals surface area contributed by atoms with Gasteiger partial charge in [0.25, 0.3) is 0 Å². The monoisotopic (exact) mass is 238 g/mol. The fourth-order valence-corrected chi connectivity index (χ4v) is 1.94. The Morgan fingerprint density at radius 3 is 3.19 bits per heavy atom. The van der Waals surface area contributed by atoms with Crippen molar-refractivity contribution in [3.05, 3.63) is 22.7 Å². The van der Waals surface area contributed by atoms with Crippen LogP contribution in [0.15, 0.2) is 17.8 Å². The molecule has 0 bridgehead atoms. The lowest BCUT2D eigenvalue weighted by Crippen LogP contribution is -2.08. The van der Waals surface area contributed by atoms with Crippen molar-refractivity contribution >= 4 is 17.3 Å². The van der Waals surface area contributed by atoms with E-state index in [1.54, 1.807) is 11.4 Å². The summed E-state index contributed by atoms with van der Waals surface area (Å²) in [6.45, 7) is 2.37. The second-order valence-corrected chi connectivity index (χ2v) is 3.94. The first-order valence-corrected chi connectivity index (χ1v) is 5.69. The Hall–Kier alpha value is -1.76. The Balaban J connectivity index is 2.23. The maximum Gasteiger partial charge on any atom is 0.350 e. The highest BCUT2D eigenvalue weighted by atomic mass is 32.1. The van der Waals surface area contributed by atoms with Crippen molar-refractivity contribution in [3.8, 4) is 5.69 Å². The van der Waals surface area contributed by atoms with E-state index in [2.05, 4.69) is 15.5 Å². The first-order valence-electron chi connectivity index (χ1n) is 4.81. The lowest BCUT2D eigenvalue weighted by molar-refractivity contribution is 0.0511. The van der Waals surface area contributed by atoms with Crippen LogP contribution in [-0.4, -0.2) is 32.8 Å². The molecule has 0 aliphatic heterocycles. The smallest absolute Gasteiger partial charge is 0.350 e. The molecule has 0 spiro atoms. The van der Waals surface area contributed by atoms with Crippen LogP contribution in [0, 0.1) is 0 Å². The van der Waals surface area contributed by atoms with Gasteiger partial charge in [-0.1, -0.05) is 6.92 Å². The number of hydrogen-bond donors (Lipinski definition) is 0. The van der Waals surface area contributed by atoms with E-state index < -0.39 is 0 Å². The van der Waals surface area contributed by atoms with Gasteiger partial charge in [0.05, 0.1) is 12.3 Å². The minimum absolute atomic E-state index is 0.331. The van der Waals surface area contributed by atoms with Gasteiger partial charge in [-0.2, -0.15) is 4.68 Å². The predicted molar refractivity (Wildman–Crippen MR) is 57.6 cm³/mol. The second kappa shape index (κ2) is 4.84. The van der Waals surface area contributed by atoms with Crippen molar-refractivity contribution in [2.24, 2.45) is 0 Å². The standard InChI is InChI=1S/C9H10N4O2S/c1-2-4-15-9(14)8-7(3-5-16-8)13-6-10-11-12-13/h3,5-6H,2,4H2,1H3. The Kier molecular flexibility index (Phi) is 3.25. The molecule has 0 N–H and O–H groups in total. The fraction of sp³-hybridized carbons (Fsp3) is 0.333. The highest BCUT2D eigenvalue weighted by Gasteiger charge is 2.16. The maximum absolute atomic E-state index is 11.7. The minimum Gasteiger partial charge on any atom is -0.461 e. The summed E-state index contributed by atoms with van der Waals surface area (Å²) in [7, 11) is 0. The lowest BCUT2D eigenvalue weighted by atomic mass is 10.4. The molecule has 2 aromatic heterocycles. The third-order valence-corrected chi connectivity index (χ3v) is 2.75. The summed E-state index contributed by atoms with van der Waals surface area (Å²) in [5, 5.41) is 12.6. The molecule has 0 atom stereocenters. The lowest BCUT2D eigenvalue weighted by Gasteiger charge is -2.02. The van der Waals surface area contributed by atoms with Crippen LogP contribution in [0.2, 0.25) is 0 Å². The van der Waals surface area contributed by atoms with Crippen molar-refractivity contribution in [2.75, 3.05) is 6.61 Å².